The number of rotatable bonds is 6. The minimum absolute atomic E-state index is 0.0227. The van der Waals surface area contributed by atoms with Crippen LogP contribution in [0.25, 0.3) is 11.4 Å². The van der Waals surface area contributed by atoms with Crippen LogP contribution in [0.2, 0.25) is 0 Å². The number of nitrogens with two attached hydrogens (primary N) is 2. The smallest absolute Gasteiger partial charge is 0.130 e. The van der Waals surface area contributed by atoms with Crippen molar-refractivity contribution >= 4 is 11.4 Å². The highest BCUT2D eigenvalue weighted by Gasteiger charge is 2.09. The Kier molecular flexibility index (Phi) is 6.59. The van der Waals surface area contributed by atoms with Gasteiger partial charge in [-0.2, -0.15) is 10.5 Å². The third kappa shape index (κ3) is 4.07. The standard InChI is InChI=1S/C16H20N4O2/c1-3-5-21-15-7-12(14(20)10-18)16(22-6-4-2)8-11(15)13(19)9-17/h7-8H,3-6,19-20H2,1-2H3/b13-11-,14-12-. The molecule has 0 saturated carbocycles. The SMILES string of the molecule is CCCOc1c/c(=C(/N)C#N)c(OCCC)c/c1=C(/N)C#N. The summed E-state index contributed by atoms with van der Waals surface area (Å²) in [4.78, 5) is 0. The summed E-state index contributed by atoms with van der Waals surface area (Å²) >= 11 is 0. The van der Waals surface area contributed by atoms with Crippen LogP contribution in [0.1, 0.15) is 26.7 Å². The Balaban J connectivity index is 3.67. The molecule has 116 valence electrons. The minimum Gasteiger partial charge on any atom is -0.493 e. The van der Waals surface area contributed by atoms with E-state index in [1.807, 2.05) is 26.0 Å². The second kappa shape index (κ2) is 8.43. The van der Waals surface area contributed by atoms with Gasteiger partial charge in [0.15, 0.2) is 0 Å². The topological polar surface area (TPSA) is 118 Å². The van der Waals surface area contributed by atoms with Gasteiger partial charge in [-0.25, -0.2) is 0 Å². The monoisotopic (exact) mass is 300 g/mol. The summed E-state index contributed by atoms with van der Waals surface area (Å²) in [6.45, 7) is 4.86. The predicted octanol–water partition coefficient (Wildman–Crippen LogP) is 0.445. The van der Waals surface area contributed by atoms with Crippen molar-refractivity contribution < 1.29 is 9.47 Å². The Morgan fingerprint density at radius 3 is 1.55 bits per heavy atom. The molecule has 6 nitrogen and oxygen atoms in total. The molecule has 1 aromatic carbocycles. The number of ether oxygens (including phenoxy) is 2. The summed E-state index contributed by atoms with van der Waals surface area (Å²) in [6, 6.07) is 6.99. The number of nitriles is 2. The Hall–Kier alpha value is -2.86. The van der Waals surface area contributed by atoms with Crippen LogP contribution in [-0.2, 0) is 0 Å². The summed E-state index contributed by atoms with van der Waals surface area (Å²) in [5.74, 6) is 0.830. The van der Waals surface area contributed by atoms with Crippen molar-refractivity contribution in [2.75, 3.05) is 13.2 Å². The van der Waals surface area contributed by atoms with E-state index in [4.69, 9.17) is 31.5 Å². The largest absolute Gasteiger partial charge is 0.493 e. The summed E-state index contributed by atoms with van der Waals surface area (Å²) in [5.41, 5.74) is 11.5. The first-order chi connectivity index (χ1) is 10.6. The highest BCUT2D eigenvalue weighted by molar-refractivity contribution is 5.63. The van der Waals surface area contributed by atoms with Gasteiger partial charge in [0.1, 0.15) is 35.0 Å². The zero-order valence-electron chi connectivity index (χ0n) is 12.8. The van der Waals surface area contributed by atoms with E-state index in [1.165, 1.54) is 0 Å². The fraction of sp³-hybridized carbons (Fsp3) is 0.375. The van der Waals surface area contributed by atoms with E-state index in [1.54, 1.807) is 12.1 Å². The first-order valence-corrected chi connectivity index (χ1v) is 7.08. The maximum absolute atomic E-state index is 9.04. The number of hydrogen-bond donors (Lipinski definition) is 2. The van der Waals surface area contributed by atoms with Crippen molar-refractivity contribution in [3.63, 3.8) is 0 Å². The van der Waals surface area contributed by atoms with E-state index in [9.17, 15) is 0 Å². The molecule has 1 aromatic rings. The van der Waals surface area contributed by atoms with Gasteiger partial charge in [-0.1, -0.05) is 13.8 Å². The molecular formula is C16H20N4O2. The average Bonchev–Trinajstić information content (AvgIpc) is 2.56. The van der Waals surface area contributed by atoms with Crippen LogP contribution in [-0.4, -0.2) is 13.2 Å². The van der Waals surface area contributed by atoms with Gasteiger partial charge >= 0.3 is 0 Å². The Morgan fingerprint density at radius 2 is 1.27 bits per heavy atom. The van der Waals surface area contributed by atoms with E-state index in [2.05, 4.69) is 0 Å². The van der Waals surface area contributed by atoms with Gasteiger partial charge in [0.05, 0.1) is 23.7 Å². The summed E-state index contributed by atoms with van der Waals surface area (Å²) in [6.07, 6.45) is 1.60. The van der Waals surface area contributed by atoms with Crippen LogP contribution in [0.3, 0.4) is 0 Å². The quantitative estimate of drug-likeness (QED) is 0.787. The molecule has 4 N–H and O–H groups in total. The molecule has 1 rings (SSSR count). The fourth-order valence-corrected chi connectivity index (χ4v) is 1.76. The number of hydrogen-bond acceptors (Lipinski definition) is 6. The van der Waals surface area contributed by atoms with Crippen LogP contribution >= 0.6 is 0 Å². The average molecular weight is 300 g/mol. The molecule has 0 aromatic heterocycles. The molecule has 0 amide bonds. The van der Waals surface area contributed by atoms with Crippen molar-refractivity contribution in [2.24, 2.45) is 11.5 Å². The third-order valence-corrected chi connectivity index (χ3v) is 2.83. The molecule has 0 aliphatic heterocycles. The van der Waals surface area contributed by atoms with Crippen LogP contribution in [0.5, 0.6) is 11.5 Å². The zero-order valence-corrected chi connectivity index (χ0v) is 12.8. The normalized spacial score (nSPS) is 12.7. The van der Waals surface area contributed by atoms with E-state index in [0.29, 0.717) is 35.2 Å². The van der Waals surface area contributed by atoms with Gasteiger partial charge < -0.3 is 20.9 Å². The number of benzene rings is 1. The predicted molar refractivity (Wildman–Crippen MR) is 83.7 cm³/mol. The molecule has 0 atom stereocenters. The van der Waals surface area contributed by atoms with Gasteiger partial charge in [-0.3, -0.25) is 0 Å². The lowest BCUT2D eigenvalue weighted by Crippen LogP contribution is -2.24. The van der Waals surface area contributed by atoms with Crippen LogP contribution in [0.15, 0.2) is 12.1 Å². The molecule has 0 fully saturated rings. The van der Waals surface area contributed by atoms with Gasteiger partial charge in [0, 0.05) is 0 Å². The summed E-state index contributed by atoms with van der Waals surface area (Å²) in [7, 11) is 0. The lowest BCUT2D eigenvalue weighted by atomic mass is 10.1. The molecule has 0 bridgehead atoms. The van der Waals surface area contributed by atoms with Crippen molar-refractivity contribution in [3.05, 3.63) is 22.6 Å². The van der Waals surface area contributed by atoms with Crippen molar-refractivity contribution in [1.29, 1.82) is 10.5 Å². The number of nitrogens with zero attached hydrogens (tertiary/aromatic N) is 2. The molecule has 6 heteroatoms. The van der Waals surface area contributed by atoms with Crippen molar-refractivity contribution in [2.45, 2.75) is 26.7 Å². The van der Waals surface area contributed by atoms with Gasteiger partial charge in [0.2, 0.25) is 0 Å². The van der Waals surface area contributed by atoms with Gasteiger partial charge in [0.25, 0.3) is 0 Å². The first-order valence-electron chi connectivity index (χ1n) is 7.08. The molecule has 0 saturated heterocycles. The minimum atomic E-state index is 0.0227. The van der Waals surface area contributed by atoms with Crippen LogP contribution in [0, 0.1) is 22.7 Å². The molecule has 0 aliphatic carbocycles. The molecular weight excluding hydrogens is 280 g/mol. The van der Waals surface area contributed by atoms with Crippen molar-refractivity contribution in [1.82, 2.24) is 0 Å². The van der Waals surface area contributed by atoms with Crippen LogP contribution in [0.4, 0.5) is 0 Å². The summed E-state index contributed by atoms with van der Waals surface area (Å²) < 4.78 is 11.2. The molecule has 0 unspecified atom stereocenters. The Labute approximate surface area is 129 Å². The highest BCUT2D eigenvalue weighted by Crippen LogP contribution is 2.10. The van der Waals surface area contributed by atoms with E-state index >= 15 is 0 Å². The third-order valence-electron chi connectivity index (χ3n) is 2.83. The lowest BCUT2D eigenvalue weighted by Gasteiger charge is -2.11. The maximum atomic E-state index is 9.04. The van der Waals surface area contributed by atoms with E-state index in [0.717, 1.165) is 12.8 Å². The fourth-order valence-electron chi connectivity index (χ4n) is 1.76. The molecule has 22 heavy (non-hydrogen) atoms. The Morgan fingerprint density at radius 1 is 0.909 bits per heavy atom. The van der Waals surface area contributed by atoms with Crippen molar-refractivity contribution in [3.8, 4) is 23.6 Å². The lowest BCUT2D eigenvalue weighted by molar-refractivity contribution is 0.304. The van der Waals surface area contributed by atoms with E-state index in [-0.39, 0.29) is 11.4 Å². The zero-order chi connectivity index (χ0) is 16.5. The summed E-state index contributed by atoms with van der Waals surface area (Å²) in [5, 5.41) is 19.0. The molecule has 0 aliphatic rings. The maximum Gasteiger partial charge on any atom is 0.130 e. The second-order valence-electron chi connectivity index (χ2n) is 4.59. The Bertz CT molecular complexity index is 662. The molecule has 0 spiro atoms. The van der Waals surface area contributed by atoms with E-state index < -0.39 is 0 Å². The first kappa shape index (κ1) is 17.2. The molecule has 0 radical (unpaired) electrons. The van der Waals surface area contributed by atoms with Gasteiger partial charge in [-0.05, 0) is 25.0 Å². The molecule has 0 heterocycles. The highest BCUT2D eigenvalue weighted by atomic mass is 16.5. The van der Waals surface area contributed by atoms with Crippen LogP contribution < -0.4 is 31.4 Å². The second-order valence-corrected chi connectivity index (χ2v) is 4.59. The van der Waals surface area contributed by atoms with Gasteiger partial charge in [-0.15, -0.1) is 0 Å².